The van der Waals surface area contributed by atoms with Gasteiger partial charge in [-0.15, -0.1) is 10.2 Å². The molecule has 6 nitrogen and oxygen atoms in total. The number of halogens is 1. The number of aromatic nitrogens is 2. The highest BCUT2D eigenvalue weighted by molar-refractivity contribution is 7.90. The molecule has 1 N–H and O–H groups in total. The lowest BCUT2D eigenvalue weighted by atomic mass is 10.3. The fraction of sp³-hybridized carbons (Fsp3) is 0.0833. The maximum absolute atomic E-state index is 11.8. The van der Waals surface area contributed by atoms with Crippen LogP contribution in [0.4, 0.5) is 5.69 Å². The summed E-state index contributed by atoms with van der Waals surface area (Å²) in [5.74, 6) is -0.457. The van der Waals surface area contributed by atoms with E-state index in [-0.39, 0.29) is 15.7 Å². The van der Waals surface area contributed by atoms with E-state index in [1.165, 1.54) is 36.4 Å². The Kier molecular flexibility index (Phi) is 4.01. The van der Waals surface area contributed by atoms with Gasteiger partial charge in [-0.05, 0) is 36.4 Å². The molecule has 1 amide bonds. The van der Waals surface area contributed by atoms with Gasteiger partial charge in [-0.3, -0.25) is 4.79 Å². The van der Waals surface area contributed by atoms with E-state index in [2.05, 4.69) is 15.5 Å². The number of sulfone groups is 1. The second kappa shape index (κ2) is 5.56. The van der Waals surface area contributed by atoms with Gasteiger partial charge >= 0.3 is 0 Å². The molecule has 2 rings (SSSR count). The first-order chi connectivity index (χ1) is 9.36. The van der Waals surface area contributed by atoms with Crippen LogP contribution in [0, 0.1) is 0 Å². The van der Waals surface area contributed by atoms with E-state index in [9.17, 15) is 13.2 Å². The quantitative estimate of drug-likeness (QED) is 0.933. The number of hydrogen-bond donors (Lipinski definition) is 1. The lowest BCUT2D eigenvalue weighted by molar-refractivity contribution is 0.102. The molecular weight excluding hydrogens is 302 g/mol. The van der Waals surface area contributed by atoms with Gasteiger partial charge in [0.2, 0.25) is 0 Å². The Bertz CT molecular complexity index is 728. The van der Waals surface area contributed by atoms with Crippen LogP contribution in [0.5, 0.6) is 0 Å². The molecule has 0 fully saturated rings. The van der Waals surface area contributed by atoms with Gasteiger partial charge in [0.25, 0.3) is 5.91 Å². The number of anilines is 1. The second-order valence-corrected chi connectivity index (χ2v) is 6.39. The Balaban J connectivity index is 2.14. The van der Waals surface area contributed by atoms with Crippen LogP contribution in [0.1, 0.15) is 10.5 Å². The maximum atomic E-state index is 11.8. The van der Waals surface area contributed by atoms with Crippen LogP contribution in [0.25, 0.3) is 0 Å². The molecule has 0 atom stereocenters. The van der Waals surface area contributed by atoms with Gasteiger partial charge in [-0.1, -0.05) is 11.6 Å². The van der Waals surface area contributed by atoms with Crippen LogP contribution < -0.4 is 5.32 Å². The minimum Gasteiger partial charge on any atom is -0.321 e. The van der Waals surface area contributed by atoms with Crippen molar-refractivity contribution in [2.45, 2.75) is 4.90 Å². The zero-order valence-electron chi connectivity index (χ0n) is 10.4. The van der Waals surface area contributed by atoms with E-state index >= 15 is 0 Å². The monoisotopic (exact) mass is 311 g/mol. The van der Waals surface area contributed by atoms with Crippen molar-refractivity contribution in [1.82, 2.24) is 10.2 Å². The van der Waals surface area contributed by atoms with Gasteiger partial charge in [0.15, 0.2) is 20.7 Å². The first-order valence-corrected chi connectivity index (χ1v) is 7.74. The Morgan fingerprint density at radius 3 is 2.25 bits per heavy atom. The number of rotatable bonds is 3. The molecule has 1 aromatic heterocycles. The summed E-state index contributed by atoms with van der Waals surface area (Å²) in [7, 11) is -3.25. The highest BCUT2D eigenvalue weighted by Crippen LogP contribution is 2.14. The first-order valence-electron chi connectivity index (χ1n) is 5.47. The fourth-order valence-electron chi connectivity index (χ4n) is 1.42. The molecule has 8 heteroatoms. The number of amides is 1. The minimum atomic E-state index is -3.25. The topological polar surface area (TPSA) is 89.0 Å². The van der Waals surface area contributed by atoms with Gasteiger partial charge in [0, 0.05) is 11.9 Å². The molecule has 0 saturated heterocycles. The smallest absolute Gasteiger partial charge is 0.276 e. The normalized spacial score (nSPS) is 11.1. The lowest BCUT2D eigenvalue weighted by Crippen LogP contribution is -2.14. The van der Waals surface area contributed by atoms with Crippen LogP contribution >= 0.6 is 11.6 Å². The minimum absolute atomic E-state index is 0.113. The van der Waals surface area contributed by atoms with Gasteiger partial charge in [0.1, 0.15) is 0 Å². The number of benzene rings is 1. The SMILES string of the molecule is CS(=O)(=O)c1ccc(NC(=O)c2ccc(Cl)nn2)cc1. The first kappa shape index (κ1) is 14.4. The molecule has 0 spiro atoms. The van der Waals surface area contributed by atoms with Gasteiger partial charge in [0.05, 0.1) is 4.90 Å². The van der Waals surface area contributed by atoms with Crippen molar-refractivity contribution in [3.63, 3.8) is 0 Å². The van der Waals surface area contributed by atoms with E-state index in [4.69, 9.17) is 11.6 Å². The summed E-state index contributed by atoms with van der Waals surface area (Å²) in [4.78, 5) is 12.0. The molecule has 0 aliphatic rings. The van der Waals surface area contributed by atoms with E-state index in [1.54, 1.807) is 0 Å². The molecule has 0 unspecified atom stereocenters. The summed E-state index contributed by atoms with van der Waals surface area (Å²) >= 11 is 5.57. The van der Waals surface area contributed by atoms with Crippen molar-refractivity contribution >= 4 is 33.0 Å². The van der Waals surface area contributed by atoms with Crippen LogP contribution in [0.2, 0.25) is 5.15 Å². The average molecular weight is 312 g/mol. The van der Waals surface area contributed by atoms with Gasteiger partial charge < -0.3 is 5.32 Å². The maximum Gasteiger partial charge on any atom is 0.276 e. The summed E-state index contributed by atoms with van der Waals surface area (Å²) < 4.78 is 22.6. The third kappa shape index (κ3) is 3.52. The highest BCUT2D eigenvalue weighted by atomic mass is 35.5. The van der Waals surface area contributed by atoms with Gasteiger partial charge in [-0.2, -0.15) is 0 Å². The summed E-state index contributed by atoms with van der Waals surface area (Å²) in [5.41, 5.74) is 0.570. The van der Waals surface area contributed by atoms with Crippen LogP contribution in [-0.2, 0) is 9.84 Å². The molecular formula is C12H10ClN3O3S. The van der Waals surface area contributed by atoms with Crippen LogP contribution in [-0.4, -0.2) is 30.8 Å². The summed E-state index contributed by atoms with van der Waals surface area (Å²) in [6.45, 7) is 0. The number of nitrogens with one attached hydrogen (secondary N) is 1. The van der Waals surface area contributed by atoms with Gasteiger partial charge in [-0.25, -0.2) is 8.42 Å². The van der Waals surface area contributed by atoms with Crippen molar-refractivity contribution in [2.24, 2.45) is 0 Å². The van der Waals surface area contributed by atoms with E-state index in [0.717, 1.165) is 6.26 Å². The van der Waals surface area contributed by atoms with Crippen LogP contribution in [0.3, 0.4) is 0 Å². The molecule has 0 bridgehead atoms. The zero-order valence-corrected chi connectivity index (χ0v) is 11.9. The van der Waals surface area contributed by atoms with Crippen LogP contribution in [0.15, 0.2) is 41.3 Å². The van der Waals surface area contributed by atoms with Crippen molar-refractivity contribution in [3.8, 4) is 0 Å². The Morgan fingerprint density at radius 1 is 1.10 bits per heavy atom. The standard InChI is InChI=1S/C12H10ClN3O3S/c1-20(18,19)9-4-2-8(3-5-9)14-12(17)10-6-7-11(13)16-15-10/h2-7H,1H3,(H,14,17). The number of nitrogens with zero attached hydrogens (tertiary/aromatic N) is 2. The Morgan fingerprint density at radius 2 is 1.75 bits per heavy atom. The fourth-order valence-corrected chi connectivity index (χ4v) is 2.15. The van der Waals surface area contributed by atoms with E-state index in [0.29, 0.717) is 5.69 Å². The van der Waals surface area contributed by atoms with E-state index < -0.39 is 15.7 Å². The molecule has 104 valence electrons. The number of carbonyl (C=O) groups is 1. The third-order valence-corrected chi connectivity index (χ3v) is 3.74. The molecule has 0 aliphatic heterocycles. The van der Waals surface area contributed by atoms with E-state index in [1.807, 2.05) is 0 Å². The second-order valence-electron chi connectivity index (χ2n) is 3.99. The predicted octanol–water partition coefficient (Wildman–Crippen LogP) is 1.79. The summed E-state index contributed by atoms with van der Waals surface area (Å²) in [6.07, 6.45) is 1.11. The average Bonchev–Trinajstić information content (AvgIpc) is 2.39. The molecule has 2 aromatic rings. The highest BCUT2D eigenvalue weighted by Gasteiger charge is 2.10. The molecule has 1 heterocycles. The lowest BCUT2D eigenvalue weighted by Gasteiger charge is -2.05. The Hall–Kier alpha value is -1.99. The largest absolute Gasteiger partial charge is 0.321 e. The number of hydrogen-bond acceptors (Lipinski definition) is 5. The van der Waals surface area contributed by atoms with Crippen molar-refractivity contribution in [1.29, 1.82) is 0 Å². The Labute approximate surface area is 120 Å². The molecule has 1 aromatic carbocycles. The third-order valence-electron chi connectivity index (χ3n) is 2.40. The molecule has 20 heavy (non-hydrogen) atoms. The van der Waals surface area contributed by atoms with Crippen molar-refractivity contribution in [3.05, 3.63) is 47.2 Å². The molecule has 0 aliphatic carbocycles. The molecule has 0 radical (unpaired) electrons. The molecule has 0 saturated carbocycles. The number of carbonyl (C=O) groups excluding carboxylic acids is 1. The van der Waals surface area contributed by atoms with Crippen molar-refractivity contribution in [2.75, 3.05) is 11.6 Å². The van der Waals surface area contributed by atoms with Crippen molar-refractivity contribution < 1.29 is 13.2 Å². The zero-order chi connectivity index (χ0) is 14.8. The predicted molar refractivity (Wildman–Crippen MR) is 74.5 cm³/mol. The summed E-state index contributed by atoms with van der Waals surface area (Å²) in [5, 5.41) is 9.98. The summed E-state index contributed by atoms with van der Waals surface area (Å²) in [6, 6.07) is 8.72.